The first-order valence-electron chi connectivity index (χ1n) is 9.13. The second kappa shape index (κ2) is 6.36. The lowest BCUT2D eigenvalue weighted by Crippen LogP contribution is -2.01. The highest BCUT2D eigenvalue weighted by Gasteiger charge is 2.09. The van der Waals surface area contributed by atoms with Crippen molar-refractivity contribution in [1.29, 1.82) is 5.41 Å². The van der Waals surface area contributed by atoms with Crippen molar-refractivity contribution in [1.82, 2.24) is 4.98 Å². The molecule has 2 aromatic heterocycles. The monoisotopic (exact) mass is 350 g/mol. The zero-order valence-corrected chi connectivity index (χ0v) is 14.8. The molecule has 0 saturated carbocycles. The summed E-state index contributed by atoms with van der Waals surface area (Å²) in [6.45, 7) is 0. The summed E-state index contributed by atoms with van der Waals surface area (Å²) in [5, 5.41) is 11.9. The van der Waals surface area contributed by atoms with Gasteiger partial charge < -0.3 is 4.42 Å². The number of fused-ring (bicyclic) bond motifs is 2. The summed E-state index contributed by atoms with van der Waals surface area (Å²) in [6.07, 6.45) is 10.6. The number of benzene rings is 2. The number of nitrogens with one attached hydrogen (secondary N) is 1. The first-order chi connectivity index (χ1) is 13.3. The van der Waals surface area contributed by atoms with Gasteiger partial charge in [-0.15, -0.1) is 0 Å². The van der Waals surface area contributed by atoms with Gasteiger partial charge in [-0.05, 0) is 47.6 Å². The van der Waals surface area contributed by atoms with Gasteiger partial charge in [-0.2, -0.15) is 0 Å². The van der Waals surface area contributed by atoms with E-state index in [1.54, 1.807) is 6.07 Å². The van der Waals surface area contributed by atoms with Crippen LogP contribution in [0.5, 0.6) is 0 Å². The van der Waals surface area contributed by atoms with Crippen molar-refractivity contribution in [2.24, 2.45) is 0 Å². The molecule has 0 amide bonds. The van der Waals surface area contributed by atoms with Crippen LogP contribution in [0.4, 0.5) is 0 Å². The molecule has 2 aromatic carbocycles. The second-order valence-electron chi connectivity index (χ2n) is 6.79. The fourth-order valence-electron chi connectivity index (χ4n) is 3.54. The number of pyridine rings is 1. The Balaban J connectivity index is 1.67. The minimum Gasteiger partial charge on any atom is -0.454 e. The van der Waals surface area contributed by atoms with Crippen LogP contribution in [0, 0.1) is 5.41 Å². The van der Waals surface area contributed by atoms with Gasteiger partial charge in [0.2, 0.25) is 0 Å². The summed E-state index contributed by atoms with van der Waals surface area (Å²) in [4.78, 5) is 4.54. The highest BCUT2D eigenvalue weighted by Crippen LogP contribution is 2.27. The van der Waals surface area contributed by atoms with E-state index in [-0.39, 0.29) is 0 Å². The van der Waals surface area contributed by atoms with Crippen LogP contribution in [0.3, 0.4) is 0 Å². The summed E-state index contributed by atoms with van der Waals surface area (Å²) in [5.74, 6) is 0.614. The molecule has 27 heavy (non-hydrogen) atoms. The zero-order chi connectivity index (χ0) is 18.2. The maximum Gasteiger partial charge on any atom is 0.155 e. The molecule has 3 nitrogen and oxygen atoms in total. The predicted octanol–water partition coefficient (Wildman–Crippen LogP) is 5.86. The molecule has 0 bridgehead atoms. The van der Waals surface area contributed by atoms with Gasteiger partial charge in [0.25, 0.3) is 0 Å². The minimum atomic E-state index is 0.445. The van der Waals surface area contributed by atoms with Crippen molar-refractivity contribution in [2.75, 3.05) is 0 Å². The molecule has 0 aliphatic heterocycles. The van der Waals surface area contributed by atoms with Gasteiger partial charge in [-0.3, -0.25) is 10.4 Å². The third-order valence-electron chi connectivity index (χ3n) is 4.98. The summed E-state index contributed by atoms with van der Waals surface area (Å²) in [6, 6.07) is 17.9. The number of allylic oxidation sites excluding steroid dienone is 4. The Morgan fingerprint density at radius 1 is 0.926 bits per heavy atom. The Kier molecular flexibility index (Phi) is 3.72. The van der Waals surface area contributed by atoms with Crippen molar-refractivity contribution in [2.45, 2.75) is 12.8 Å². The van der Waals surface area contributed by atoms with E-state index in [9.17, 15) is 0 Å². The van der Waals surface area contributed by atoms with E-state index in [2.05, 4.69) is 35.3 Å². The fraction of sp³-hybridized carbons (Fsp3) is 0.0833. The van der Waals surface area contributed by atoms with Crippen LogP contribution in [0.1, 0.15) is 18.4 Å². The molecule has 2 heterocycles. The van der Waals surface area contributed by atoms with Crippen molar-refractivity contribution in [3.63, 3.8) is 0 Å². The smallest absolute Gasteiger partial charge is 0.155 e. The van der Waals surface area contributed by atoms with Gasteiger partial charge in [-0.1, -0.05) is 48.6 Å². The molecule has 1 aliphatic carbocycles. The molecule has 3 heteroatoms. The third-order valence-corrected chi connectivity index (χ3v) is 4.98. The van der Waals surface area contributed by atoms with Gasteiger partial charge in [0.15, 0.2) is 5.76 Å². The van der Waals surface area contributed by atoms with E-state index in [1.165, 1.54) is 5.57 Å². The Labute approximate surface area is 156 Å². The quantitative estimate of drug-likeness (QED) is 0.492. The summed E-state index contributed by atoms with van der Waals surface area (Å²) in [7, 11) is 0. The van der Waals surface area contributed by atoms with E-state index in [0.29, 0.717) is 16.7 Å². The lowest BCUT2D eigenvalue weighted by Gasteiger charge is -2.09. The number of nitrogens with zero attached hydrogens (tertiary/aromatic N) is 1. The highest BCUT2D eigenvalue weighted by molar-refractivity contribution is 5.87. The molecule has 1 aliphatic rings. The Morgan fingerprint density at radius 3 is 2.67 bits per heavy atom. The van der Waals surface area contributed by atoms with Crippen LogP contribution in [-0.2, 0) is 0 Å². The van der Waals surface area contributed by atoms with Crippen LogP contribution in [0.15, 0.2) is 83.4 Å². The van der Waals surface area contributed by atoms with Gasteiger partial charge in [0.05, 0.1) is 5.36 Å². The first-order valence-corrected chi connectivity index (χ1v) is 9.13. The van der Waals surface area contributed by atoms with Gasteiger partial charge in [0, 0.05) is 23.0 Å². The number of aromatic nitrogens is 1. The fourth-order valence-corrected chi connectivity index (χ4v) is 3.54. The van der Waals surface area contributed by atoms with Crippen molar-refractivity contribution in [3.8, 4) is 11.5 Å². The SMILES string of the molecule is N=c1cc(-c2cc3ccccc3cn2)oc2cc(C3=CCCC=C3)ccc12. The molecular formula is C24H18N2O. The lowest BCUT2D eigenvalue weighted by atomic mass is 9.98. The van der Waals surface area contributed by atoms with Crippen LogP contribution >= 0.6 is 0 Å². The van der Waals surface area contributed by atoms with Gasteiger partial charge in [-0.25, -0.2) is 0 Å². The van der Waals surface area contributed by atoms with Crippen LogP contribution in [0.25, 0.3) is 38.8 Å². The molecule has 4 aromatic rings. The zero-order valence-electron chi connectivity index (χ0n) is 14.8. The maximum atomic E-state index is 8.42. The summed E-state index contributed by atoms with van der Waals surface area (Å²) in [5.41, 5.74) is 3.78. The second-order valence-corrected chi connectivity index (χ2v) is 6.79. The van der Waals surface area contributed by atoms with Gasteiger partial charge in [0.1, 0.15) is 11.3 Å². The molecule has 0 spiro atoms. The standard InChI is InChI=1S/C24H18N2O/c25-21-14-24(22-12-17-8-4-5-9-19(17)15-26-22)27-23-13-18(10-11-20(21)23)16-6-2-1-3-7-16/h2,4-15,25H,1,3H2. The number of hydrogen-bond donors (Lipinski definition) is 1. The molecule has 0 radical (unpaired) electrons. The van der Waals surface area contributed by atoms with Crippen molar-refractivity contribution in [3.05, 3.63) is 89.9 Å². The molecular weight excluding hydrogens is 332 g/mol. The summed E-state index contributed by atoms with van der Waals surface area (Å²) >= 11 is 0. The van der Waals surface area contributed by atoms with E-state index in [0.717, 1.165) is 40.3 Å². The molecule has 5 rings (SSSR count). The van der Waals surface area contributed by atoms with E-state index in [1.807, 2.05) is 42.6 Å². The normalized spacial score (nSPS) is 13.9. The molecule has 0 unspecified atom stereocenters. The minimum absolute atomic E-state index is 0.445. The average Bonchev–Trinajstić information content (AvgIpc) is 2.73. The van der Waals surface area contributed by atoms with Crippen molar-refractivity contribution < 1.29 is 4.42 Å². The Bertz CT molecular complexity index is 1290. The number of rotatable bonds is 2. The third kappa shape index (κ3) is 2.87. The first kappa shape index (κ1) is 15.8. The molecule has 0 fully saturated rings. The van der Waals surface area contributed by atoms with E-state index >= 15 is 0 Å². The topological polar surface area (TPSA) is 49.9 Å². The van der Waals surface area contributed by atoms with Crippen LogP contribution in [-0.4, -0.2) is 4.98 Å². The van der Waals surface area contributed by atoms with Crippen molar-refractivity contribution >= 4 is 27.3 Å². The molecule has 1 N–H and O–H groups in total. The molecule has 0 saturated heterocycles. The molecule has 0 atom stereocenters. The van der Waals surface area contributed by atoms with Gasteiger partial charge >= 0.3 is 0 Å². The predicted molar refractivity (Wildman–Crippen MR) is 109 cm³/mol. The lowest BCUT2D eigenvalue weighted by molar-refractivity contribution is 0.615. The molecule has 130 valence electrons. The van der Waals surface area contributed by atoms with Crippen LogP contribution < -0.4 is 5.36 Å². The average molecular weight is 350 g/mol. The van der Waals surface area contributed by atoms with E-state index < -0.39 is 0 Å². The van der Waals surface area contributed by atoms with E-state index in [4.69, 9.17) is 9.83 Å². The summed E-state index contributed by atoms with van der Waals surface area (Å²) < 4.78 is 6.18. The van der Waals surface area contributed by atoms with Crippen LogP contribution in [0.2, 0.25) is 0 Å². The number of hydrogen-bond acceptors (Lipinski definition) is 3. The Morgan fingerprint density at radius 2 is 1.81 bits per heavy atom. The largest absolute Gasteiger partial charge is 0.454 e. The Hall–Kier alpha value is -3.46. The maximum absolute atomic E-state index is 8.42. The highest BCUT2D eigenvalue weighted by atomic mass is 16.3.